The highest BCUT2D eigenvalue weighted by Gasteiger charge is 2.40. The van der Waals surface area contributed by atoms with Crippen LogP contribution in [0.1, 0.15) is 19.3 Å². The summed E-state index contributed by atoms with van der Waals surface area (Å²) in [4.78, 5) is 0. The standard InChI is InChI=1S/C10H18O3S/c11-3-6-14-9-1-4-13-10(7-9)2-5-12-8-10/h9,11H,1-8H2. The van der Waals surface area contributed by atoms with Crippen LogP contribution in [0.25, 0.3) is 0 Å². The summed E-state index contributed by atoms with van der Waals surface area (Å²) in [6, 6.07) is 0. The van der Waals surface area contributed by atoms with Crippen LogP contribution in [0.4, 0.5) is 0 Å². The summed E-state index contributed by atoms with van der Waals surface area (Å²) in [5.74, 6) is 0.849. The van der Waals surface area contributed by atoms with Crippen LogP contribution in [0.3, 0.4) is 0 Å². The first-order chi connectivity index (χ1) is 6.85. The predicted octanol–water partition coefficient (Wildman–Crippen LogP) is 1.05. The lowest BCUT2D eigenvalue weighted by atomic mass is 9.93. The van der Waals surface area contributed by atoms with Crippen molar-refractivity contribution in [3.63, 3.8) is 0 Å². The van der Waals surface area contributed by atoms with Crippen molar-refractivity contribution in [3.8, 4) is 0 Å². The molecule has 2 atom stereocenters. The third-order valence-corrected chi connectivity index (χ3v) is 4.25. The lowest BCUT2D eigenvalue weighted by molar-refractivity contribution is -0.0769. The molecule has 4 heteroatoms. The molecule has 2 rings (SSSR count). The molecule has 2 aliphatic rings. The van der Waals surface area contributed by atoms with E-state index in [1.165, 1.54) is 0 Å². The topological polar surface area (TPSA) is 38.7 Å². The Morgan fingerprint density at radius 3 is 3.07 bits per heavy atom. The van der Waals surface area contributed by atoms with E-state index in [2.05, 4.69) is 0 Å². The van der Waals surface area contributed by atoms with E-state index in [1.54, 1.807) is 0 Å². The van der Waals surface area contributed by atoms with Crippen LogP contribution in [0.2, 0.25) is 0 Å². The summed E-state index contributed by atoms with van der Waals surface area (Å²) >= 11 is 1.87. The Balaban J connectivity index is 1.83. The molecule has 1 N–H and O–H groups in total. The molecule has 2 heterocycles. The van der Waals surface area contributed by atoms with Gasteiger partial charge in [0, 0.05) is 30.6 Å². The average Bonchev–Trinajstić information content (AvgIpc) is 2.63. The zero-order valence-corrected chi connectivity index (χ0v) is 9.22. The lowest BCUT2D eigenvalue weighted by Crippen LogP contribution is -2.41. The van der Waals surface area contributed by atoms with Crippen molar-refractivity contribution in [2.24, 2.45) is 0 Å². The van der Waals surface area contributed by atoms with Gasteiger partial charge >= 0.3 is 0 Å². The number of aliphatic hydroxyl groups excluding tert-OH is 1. The van der Waals surface area contributed by atoms with Crippen LogP contribution in [0.5, 0.6) is 0 Å². The lowest BCUT2D eigenvalue weighted by Gasteiger charge is -2.36. The van der Waals surface area contributed by atoms with Crippen molar-refractivity contribution >= 4 is 11.8 Å². The summed E-state index contributed by atoms with van der Waals surface area (Å²) in [5, 5.41) is 9.43. The van der Waals surface area contributed by atoms with Crippen LogP contribution >= 0.6 is 11.8 Å². The number of rotatable bonds is 3. The van der Waals surface area contributed by atoms with Gasteiger partial charge < -0.3 is 14.6 Å². The van der Waals surface area contributed by atoms with Crippen molar-refractivity contribution in [1.29, 1.82) is 0 Å². The van der Waals surface area contributed by atoms with E-state index in [1.807, 2.05) is 11.8 Å². The average molecular weight is 218 g/mol. The van der Waals surface area contributed by atoms with E-state index in [0.29, 0.717) is 5.25 Å². The monoisotopic (exact) mass is 218 g/mol. The molecule has 2 aliphatic heterocycles. The number of ether oxygens (including phenoxy) is 2. The fourth-order valence-electron chi connectivity index (χ4n) is 2.21. The minimum absolute atomic E-state index is 0.0192. The Labute approximate surface area is 89.2 Å². The third-order valence-electron chi connectivity index (χ3n) is 2.96. The van der Waals surface area contributed by atoms with Gasteiger partial charge in [-0.3, -0.25) is 0 Å². The van der Waals surface area contributed by atoms with Crippen LogP contribution in [0, 0.1) is 0 Å². The Morgan fingerprint density at radius 1 is 1.43 bits per heavy atom. The van der Waals surface area contributed by atoms with Gasteiger partial charge in [-0.2, -0.15) is 11.8 Å². The molecule has 0 saturated carbocycles. The molecule has 0 aromatic heterocycles. The molecule has 2 unspecified atom stereocenters. The Hall–Kier alpha value is 0.230. The van der Waals surface area contributed by atoms with Gasteiger partial charge in [-0.25, -0.2) is 0 Å². The quantitative estimate of drug-likeness (QED) is 0.768. The highest BCUT2D eigenvalue weighted by molar-refractivity contribution is 7.99. The fourth-order valence-corrected chi connectivity index (χ4v) is 3.33. The highest BCUT2D eigenvalue weighted by atomic mass is 32.2. The summed E-state index contributed by atoms with van der Waals surface area (Å²) in [5.41, 5.74) is 0.0192. The molecule has 0 aromatic rings. The predicted molar refractivity (Wildman–Crippen MR) is 56.7 cm³/mol. The Kier molecular flexibility index (Phi) is 3.71. The maximum absolute atomic E-state index is 8.78. The maximum atomic E-state index is 8.78. The van der Waals surface area contributed by atoms with Gasteiger partial charge in [0.15, 0.2) is 0 Å². The minimum atomic E-state index is 0.0192. The van der Waals surface area contributed by atoms with E-state index in [-0.39, 0.29) is 12.2 Å². The van der Waals surface area contributed by atoms with Gasteiger partial charge in [-0.15, -0.1) is 0 Å². The second-order valence-electron chi connectivity index (χ2n) is 4.04. The van der Waals surface area contributed by atoms with Crippen molar-refractivity contribution in [2.45, 2.75) is 30.1 Å². The Bertz CT molecular complexity index is 180. The summed E-state index contributed by atoms with van der Waals surface area (Å²) in [6.45, 7) is 2.75. The Morgan fingerprint density at radius 2 is 2.36 bits per heavy atom. The molecule has 1 spiro atoms. The third kappa shape index (κ3) is 2.42. The molecule has 2 fully saturated rings. The van der Waals surface area contributed by atoms with Crippen molar-refractivity contribution in [2.75, 3.05) is 32.2 Å². The molecule has 0 bridgehead atoms. The molecule has 2 saturated heterocycles. The minimum Gasteiger partial charge on any atom is -0.396 e. The first-order valence-electron chi connectivity index (χ1n) is 5.29. The molecule has 0 aliphatic carbocycles. The van der Waals surface area contributed by atoms with Gasteiger partial charge in [0.05, 0.1) is 18.8 Å². The molecular weight excluding hydrogens is 200 g/mol. The van der Waals surface area contributed by atoms with Gasteiger partial charge in [0.25, 0.3) is 0 Å². The normalized spacial score (nSPS) is 37.9. The molecule has 3 nitrogen and oxygen atoms in total. The maximum Gasteiger partial charge on any atom is 0.0947 e. The van der Waals surface area contributed by atoms with Gasteiger partial charge in [0.1, 0.15) is 0 Å². The smallest absolute Gasteiger partial charge is 0.0947 e. The molecule has 0 radical (unpaired) electrons. The van der Waals surface area contributed by atoms with Crippen molar-refractivity contribution < 1.29 is 14.6 Å². The second-order valence-corrected chi connectivity index (χ2v) is 5.45. The van der Waals surface area contributed by atoms with Crippen LogP contribution < -0.4 is 0 Å². The summed E-state index contributed by atoms with van der Waals surface area (Å²) in [6.07, 6.45) is 3.26. The number of hydrogen-bond acceptors (Lipinski definition) is 4. The first-order valence-corrected chi connectivity index (χ1v) is 6.34. The van der Waals surface area contributed by atoms with Gasteiger partial charge in [0.2, 0.25) is 0 Å². The zero-order valence-electron chi connectivity index (χ0n) is 8.41. The largest absolute Gasteiger partial charge is 0.396 e. The first kappa shape index (κ1) is 10.7. The van der Waals surface area contributed by atoms with Crippen molar-refractivity contribution in [1.82, 2.24) is 0 Å². The number of hydrogen-bond donors (Lipinski definition) is 1. The fraction of sp³-hybridized carbons (Fsp3) is 1.00. The highest BCUT2D eigenvalue weighted by Crippen LogP contribution is 2.37. The van der Waals surface area contributed by atoms with Crippen LogP contribution in [-0.4, -0.2) is 48.1 Å². The van der Waals surface area contributed by atoms with E-state index in [4.69, 9.17) is 14.6 Å². The van der Waals surface area contributed by atoms with E-state index in [0.717, 1.165) is 44.8 Å². The SMILES string of the molecule is OCCSC1CCOC2(CCOC2)C1. The number of thioether (sulfide) groups is 1. The van der Waals surface area contributed by atoms with Crippen LogP contribution in [-0.2, 0) is 9.47 Å². The second kappa shape index (κ2) is 4.84. The summed E-state index contributed by atoms with van der Waals surface area (Å²) < 4.78 is 11.2. The van der Waals surface area contributed by atoms with E-state index < -0.39 is 0 Å². The number of aliphatic hydroxyl groups is 1. The van der Waals surface area contributed by atoms with Crippen molar-refractivity contribution in [3.05, 3.63) is 0 Å². The van der Waals surface area contributed by atoms with E-state index >= 15 is 0 Å². The van der Waals surface area contributed by atoms with E-state index in [9.17, 15) is 0 Å². The van der Waals surface area contributed by atoms with Gasteiger partial charge in [-0.05, 0) is 12.8 Å². The zero-order chi connectivity index (χ0) is 9.86. The summed E-state index contributed by atoms with van der Waals surface area (Å²) in [7, 11) is 0. The van der Waals surface area contributed by atoms with Gasteiger partial charge in [-0.1, -0.05) is 0 Å². The molecule has 0 aromatic carbocycles. The molecule has 14 heavy (non-hydrogen) atoms. The molecular formula is C10H18O3S. The molecule has 0 amide bonds. The molecule has 82 valence electrons. The van der Waals surface area contributed by atoms with Crippen LogP contribution in [0.15, 0.2) is 0 Å².